The topological polar surface area (TPSA) is 93.5 Å². The summed E-state index contributed by atoms with van der Waals surface area (Å²) in [6.07, 6.45) is -0.623. The maximum atomic E-state index is 11.3. The number of nitrogens with two attached hydrogens (primary N) is 1. The van der Waals surface area contributed by atoms with Crippen LogP contribution in [0, 0.1) is 0 Å². The van der Waals surface area contributed by atoms with Crippen LogP contribution in [0.15, 0.2) is 30.3 Å². The van der Waals surface area contributed by atoms with E-state index in [1.807, 2.05) is 30.3 Å². The van der Waals surface area contributed by atoms with Crippen LogP contribution in [0.5, 0.6) is 0 Å². The number of hydrogen-bond donors (Lipinski definition) is 3. The van der Waals surface area contributed by atoms with Gasteiger partial charge in [-0.15, -0.1) is 0 Å². The molecule has 0 aromatic heterocycles. The SMILES string of the molecule is NCCNC(=O)CNC(=O)OCc1ccccc1. The van der Waals surface area contributed by atoms with Crippen molar-refractivity contribution in [3.63, 3.8) is 0 Å². The first kappa shape index (κ1) is 14.0. The lowest BCUT2D eigenvalue weighted by molar-refractivity contribution is -0.120. The monoisotopic (exact) mass is 251 g/mol. The Labute approximate surface area is 105 Å². The minimum absolute atomic E-state index is 0.117. The quantitative estimate of drug-likeness (QED) is 0.662. The molecule has 98 valence electrons. The molecule has 1 aromatic rings. The van der Waals surface area contributed by atoms with Crippen LogP contribution in [0.3, 0.4) is 0 Å². The van der Waals surface area contributed by atoms with Gasteiger partial charge in [-0.3, -0.25) is 4.79 Å². The van der Waals surface area contributed by atoms with Gasteiger partial charge in [0.1, 0.15) is 6.61 Å². The maximum Gasteiger partial charge on any atom is 0.407 e. The van der Waals surface area contributed by atoms with E-state index in [0.717, 1.165) is 5.56 Å². The normalized spacial score (nSPS) is 9.61. The molecular weight excluding hydrogens is 234 g/mol. The van der Waals surface area contributed by atoms with Crippen molar-refractivity contribution in [1.82, 2.24) is 10.6 Å². The van der Waals surface area contributed by atoms with E-state index in [9.17, 15) is 9.59 Å². The highest BCUT2D eigenvalue weighted by Gasteiger charge is 2.05. The third-order valence-electron chi connectivity index (χ3n) is 2.07. The van der Waals surface area contributed by atoms with Crippen LogP contribution in [-0.2, 0) is 16.1 Å². The number of nitrogens with one attached hydrogen (secondary N) is 2. The molecule has 0 aliphatic heterocycles. The first-order valence-corrected chi connectivity index (χ1v) is 5.63. The van der Waals surface area contributed by atoms with E-state index in [1.165, 1.54) is 0 Å². The fraction of sp³-hybridized carbons (Fsp3) is 0.333. The summed E-state index contributed by atoms with van der Waals surface area (Å²) in [4.78, 5) is 22.4. The van der Waals surface area contributed by atoms with Crippen LogP contribution < -0.4 is 16.4 Å². The Kier molecular flexibility index (Phi) is 6.27. The third-order valence-corrected chi connectivity index (χ3v) is 2.07. The Morgan fingerprint density at radius 2 is 1.89 bits per heavy atom. The lowest BCUT2D eigenvalue weighted by atomic mass is 10.2. The predicted octanol–water partition coefficient (Wildman–Crippen LogP) is -0.0123. The molecule has 0 bridgehead atoms. The minimum Gasteiger partial charge on any atom is -0.445 e. The van der Waals surface area contributed by atoms with Gasteiger partial charge in [-0.1, -0.05) is 30.3 Å². The van der Waals surface area contributed by atoms with Crippen molar-refractivity contribution < 1.29 is 14.3 Å². The number of carbonyl (C=O) groups is 2. The van der Waals surface area contributed by atoms with Gasteiger partial charge < -0.3 is 21.1 Å². The summed E-state index contributed by atoms with van der Waals surface area (Å²) in [6.45, 7) is 0.814. The second-order valence-corrected chi connectivity index (χ2v) is 3.55. The van der Waals surface area contributed by atoms with Crippen LogP contribution in [0.1, 0.15) is 5.56 Å². The van der Waals surface area contributed by atoms with Gasteiger partial charge >= 0.3 is 6.09 Å². The van der Waals surface area contributed by atoms with Gasteiger partial charge in [-0.2, -0.15) is 0 Å². The summed E-state index contributed by atoms with van der Waals surface area (Å²) in [5, 5.41) is 4.87. The highest BCUT2D eigenvalue weighted by Crippen LogP contribution is 2.00. The zero-order valence-electron chi connectivity index (χ0n) is 10.0. The van der Waals surface area contributed by atoms with Crippen LogP contribution in [-0.4, -0.2) is 31.6 Å². The first-order valence-electron chi connectivity index (χ1n) is 5.63. The number of alkyl carbamates (subject to hydrolysis) is 1. The molecule has 0 spiro atoms. The van der Waals surface area contributed by atoms with Gasteiger partial charge in [-0.05, 0) is 5.56 Å². The highest BCUT2D eigenvalue weighted by molar-refractivity contribution is 5.82. The van der Waals surface area contributed by atoms with E-state index in [2.05, 4.69) is 10.6 Å². The molecule has 1 rings (SSSR count). The second-order valence-electron chi connectivity index (χ2n) is 3.55. The average molecular weight is 251 g/mol. The zero-order valence-corrected chi connectivity index (χ0v) is 10.0. The van der Waals surface area contributed by atoms with Gasteiger partial charge in [-0.25, -0.2) is 4.79 Å². The van der Waals surface area contributed by atoms with Gasteiger partial charge in [0.05, 0.1) is 6.54 Å². The van der Waals surface area contributed by atoms with Crippen molar-refractivity contribution >= 4 is 12.0 Å². The Hall–Kier alpha value is -2.08. The van der Waals surface area contributed by atoms with Gasteiger partial charge in [0.15, 0.2) is 0 Å². The van der Waals surface area contributed by atoms with E-state index < -0.39 is 6.09 Å². The van der Waals surface area contributed by atoms with Crippen LogP contribution >= 0.6 is 0 Å². The highest BCUT2D eigenvalue weighted by atomic mass is 16.5. The van der Waals surface area contributed by atoms with E-state index in [1.54, 1.807) is 0 Å². The number of hydrogen-bond acceptors (Lipinski definition) is 4. The molecule has 0 aliphatic rings. The molecule has 0 unspecified atom stereocenters. The van der Waals surface area contributed by atoms with Crippen molar-refractivity contribution in [2.75, 3.05) is 19.6 Å². The molecule has 0 saturated heterocycles. The lowest BCUT2D eigenvalue weighted by Gasteiger charge is -2.07. The van der Waals surface area contributed by atoms with Gasteiger partial charge in [0, 0.05) is 13.1 Å². The molecule has 0 aliphatic carbocycles. The fourth-order valence-electron chi connectivity index (χ4n) is 1.20. The number of rotatable bonds is 6. The smallest absolute Gasteiger partial charge is 0.407 e. The summed E-state index contributed by atoms with van der Waals surface area (Å²) in [6, 6.07) is 9.29. The predicted molar refractivity (Wildman–Crippen MR) is 66.7 cm³/mol. The Balaban J connectivity index is 2.16. The average Bonchev–Trinajstić information content (AvgIpc) is 2.41. The molecule has 4 N–H and O–H groups in total. The Bertz CT molecular complexity index is 381. The number of amides is 2. The number of ether oxygens (including phenoxy) is 1. The van der Waals surface area contributed by atoms with Crippen molar-refractivity contribution in [2.45, 2.75) is 6.61 Å². The van der Waals surface area contributed by atoms with E-state index in [4.69, 9.17) is 10.5 Å². The van der Waals surface area contributed by atoms with E-state index in [0.29, 0.717) is 13.1 Å². The molecule has 6 heteroatoms. The van der Waals surface area contributed by atoms with E-state index in [-0.39, 0.29) is 19.1 Å². The molecule has 0 atom stereocenters. The minimum atomic E-state index is -0.623. The van der Waals surface area contributed by atoms with Crippen molar-refractivity contribution in [2.24, 2.45) is 5.73 Å². The molecule has 1 aromatic carbocycles. The lowest BCUT2D eigenvalue weighted by Crippen LogP contribution is -2.38. The summed E-state index contributed by atoms with van der Waals surface area (Å²) < 4.78 is 4.93. The van der Waals surface area contributed by atoms with Gasteiger partial charge in [0.25, 0.3) is 0 Å². The van der Waals surface area contributed by atoms with Crippen molar-refractivity contribution in [3.8, 4) is 0 Å². The van der Waals surface area contributed by atoms with E-state index >= 15 is 0 Å². The van der Waals surface area contributed by atoms with Crippen LogP contribution in [0.4, 0.5) is 4.79 Å². The number of carbonyl (C=O) groups excluding carboxylic acids is 2. The summed E-state index contributed by atoms with van der Waals surface area (Å²) in [5.74, 6) is -0.294. The fourth-order valence-corrected chi connectivity index (χ4v) is 1.20. The maximum absolute atomic E-state index is 11.3. The molecule has 0 radical (unpaired) electrons. The molecule has 0 fully saturated rings. The van der Waals surface area contributed by atoms with Crippen LogP contribution in [0.25, 0.3) is 0 Å². The van der Waals surface area contributed by atoms with Crippen molar-refractivity contribution in [1.29, 1.82) is 0 Å². The second kappa shape index (κ2) is 8.08. The largest absolute Gasteiger partial charge is 0.445 e. The summed E-state index contributed by atoms with van der Waals surface area (Å²) >= 11 is 0. The molecule has 18 heavy (non-hydrogen) atoms. The zero-order chi connectivity index (χ0) is 13.2. The molecule has 0 heterocycles. The molecule has 2 amide bonds. The third kappa shape index (κ3) is 5.86. The molecule has 6 nitrogen and oxygen atoms in total. The summed E-state index contributed by atoms with van der Waals surface area (Å²) in [7, 11) is 0. The van der Waals surface area contributed by atoms with Crippen LogP contribution in [0.2, 0.25) is 0 Å². The number of benzene rings is 1. The first-order chi connectivity index (χ1) is 8.72. The molecule has 0 saturated carbocycles. The Morgan fingerprint density at radius 1 is 1.17 bits per heavy atom. The Morgan fingerprint density at radius 3 is 2.56 bits per heavy atom. The van der Waals surface area contributed by atoms with Crippen molar-refractivity contribution in [3.05, 3.63) is 35.9 Å². The summed E-state index contributed by atoms with van der Waals surface area (Å²) in [5.41, 5.74) is 6.11. The standard InChI is InChI=1S/C12H17N3O3/c13-6-7-14-11(16)8-15-12(17)18-9-10-4-2-1-3-5-10/h1-5H,6-9,13H2,(H,14,16)(H,15,17). The van der Waals surface area contributed by atoms with Gasteiger partial charge in [0.2, 0.25) is 5.91 Å². The molecular formula is C12H17N3O3.